The average Bonchev–Trinajstić information content (AvgIpc) is 3.60. The van der Waals surface area contributed by atoms with E-state index in [9.17, 15) is 31.2 Å². The third kappa shape index (κ3) is 6.49. The molecule has 234 valence electrons. The lowest BCUT2D eigenvalue weighted by atomic mass is 9.99. The number of alkyl halides is 3. The van der Waals surface area contributed by atoms with Crippen molar-refractivity contribution in [2.75, 3.05) is 16.0 Å². The molecule has 5 rings (SSSR count). The van der Waals surface area contributed by atoms with E-state index < -0.39 is 32.1 Å². The first-order valence-electron chi connectivity index (χ1n) is 13.4. The van der Waals surface area contributed by atoms with Crippen molar-refractivity contribution >= 4 is 50.1 Å². The van der Waals surface area contributed by atoms with Crippen molar-refractivity contribution in [3.63, 3.8) is 0 Å². The predicted molar refractivity (Wildman–Crippen MR) is 164 cm³/mol. The van der Waals surface area contributed by atoms with E-state index in [0.29, 0.717) is 22.6 Å². The molecule has 45 heavy (non-hydrogen) atoms. The highest BCUT2D eigenvalue weighted by Crippen LogP contribution is 2.35. The number of hydrogen-bond donors (Lipinski definition) is 1. The summed E-state index contributed by atoms with van der Waals surface area (Å²) in [5.41, 5.74) is -2.14. The average molecular weight is 660 g/mol. The number of nitrogens with zero attached hydrogens (tertiary/aromatic N) is 4. The predicted octanol–water partition coefficient (Wildman–Crippen LogP) is 7.07. The molecule has 15 heteroatoms. The highest BCUT2D eigenvalue weighted by atomic mass is 32.2. The van der Waals surface area contributed by atoms with Crippen LogP contribution in [0.4, 0.5) is 33.7 Å². The van der Waals surface area contributed by atoms with Gasteiger partial charge in [-0.1, -0.05) is 43.8 Å². The van der Waals surface area contributed by atoms with Crippen LogP contribution in [0.15, 0.2) is 83.1 Å². The van der Waals surface area contributed by atoms with Crippen molar-refractivity contribution < 1.29 is 35.6 Å². The van der Waals surface area contributed by atoms with E-state index in [1.54, 1.807) is 0 Å². The van der Waals surface area contributed by atoms with Crippen molar-refractivity contribution in [2.24, 2.45) is 4.99 Å². The summed E-state index contributed by atoms with van der Waals surface area (Å²) in [6, 6.07) is 12.9. The molecule has 0 saturated carbocycles. The molecule has 1 aliphatic heterocycles. The van der Waals surface area contributed by atoms with Crippen molar-refractivity contribution in [2.45, 2.75) is 37.1 Å². The molecule has 1 aromatic heterocycles. The molecule has 1 fully saturated rings. The number of thioether (sulfide) groups is 1. The molecular formula is C30H25F4N5O4S2. The van der Waals surface area contributed by atoms with Gasteiger partial charge in [0.2, 0.25) is 5.91 Å². The van der Waals surface area contributed by atoms with Crippen LogP contribution in [0.2, 0.25) is 0 Å². The molecule has 1 aliphatic rings. The van der Waals surface area contributed by atoms with Gasteiger partial charge in [-0.15, -0.1) is 0 Å². The number of sulfone groups is 1. The Morgan fingerprint density at radius 3 is 2.42 bits per heavy atom. The molecule has 9 nitrogen and oxygen atoms in total. The zero-order valence-corrected chi connectivity index (χ0v) is 25.6. The van der Waals surface area contributed by atoms with Gasteiger partial charge in [0.05, 0.1) is 34.0 Å². The number of carbonyl (C=O) groups excluding carboxylic acids is 2. The molecule has 0 radical (unpaired) electrons. The molecule has 3 aromatic carbocycles. The van der Waals surface area contributed by atoms with E-state index in [-0.39, 0.29) is 28.4 Å². The number of rotatable bonds is 6. The number of urea groups is 1. The van der Waals surface area contributed by atoms with Gasteiger partial charge in [0.25, 0.3) is 9.84 Å². The molecule has 0 bridgehead atoms. The number of imidazole rings is 1. The number of nitrogens with one attached hydrogen (secondary N) is 1. The molecule has 0 spiro atoms. The Kier molecular flexibility index (Phi) is 8.60. The van der Waals surface area contributed by atoms with Crippen LogP contribution in [-0.2, 0) is 14.6 Å². The van der Waals surface area contributed by atoms with Gasteiger partial charge in [-0.2, -0.15) is 18.2 Å². The third-order valence-electron chi connectivity index (χ3n) is 6.85. The van der Waals surface area contributed by atoms with E-state index in [4.69, 9.17) is 0 Å². The number of amides is 3. The number of amidine groups is 1. The Bertz CT molecular complexity index is 1940. The second-order valence-electron chi connectivity index (χ2n) is 10.4. The standard InChI is InChI=1S/C30H25F4N5O4S2/c1-17(2)22-10-4-18(3)12-26(22)39-27(40)15-44-29(39)37-28(41)36-24-11-5-19(13-23(24)31)25-14-38(16-35-25)20-6-8-21(9-7-20)45(42,43)30(32,33)34/h4-14,16-17H,15H2,1-3H3,(H,36,41)/b37-29-. The lowest BCUT2D eigenvalue weighted by Crippen LogP contribution is -2.31. The quantitative estimate of drug-likeness (QED) is 0.222. The van der Waals surface area contributed by atoms with Crippen LogP contribution in [0, 0.1) is 12.7 Å². The van der Waals surface area contributed by atoms with Gasteiger partial charge in [-0.3, -0.25) is 9.69 Å². The van der Waals surface area contributed by atoms with Crippen LogP contribution in [0.1, 0.15) is 30.9 Å². The molecule has 3 amide bonds. The number of carbonyl (C=O) groups is 2. The normalized spacial score (nSPS) is 14.9. The van der Waals surface area contributed by atoms with Crippen LogP contribution in [0.3, 0.4) is 0 Å². The lowest BCUT2D eigenvalue weighted by molar-refractivity contribution is -0.115. The summed E-state index contributed by atoms with van der Waals surface area (Å²) >= 11 is 1.11. The molecule has 1 saturated heterocycles. The number of benzene rings is 3. The minimum Gasteiger partial charge on any atom is -0.306 e. The molecule has 0 aliphatic carbocycles. The fraction of sp³-hybridized carbons (Fsp3) is 0.200. The van der Waals surface area contributed by atoms with Gasteiger partial charge >= 0.3 is 11.5 Å². The van der Waals surface area contributed by atoms with Gasteiger partial charge < -0.3 is 9.88 Å². The van der Waals surface area contributed by atoms with Crippen molar-refractivity contribution in [1.29, 1.82) is 0 Å². The summed E-state index contributed by atoms with van der Waals surface area (Å²) in [6.07, 6.45) is 2.81. The van der Waals surface area contributed by atoms with Crippen molar-refractivity contribution in [3.05, 3.63) is 90.1 Å². The van der Waals surface area contributed by atoms with E-state index in [1.807, 2.05) is 39.0 Å². The summed E-state index contributed by atoms with van der Waals surface area (Å²) in [4.78, 5) is 34.4. The molecule has 0 unspecified atom stereocenters. The number of halogens is 4. The number of aryl methyl sites for hydroxylation is 1. The second-order valence-corrected chi connectivity index (χ2v) is 13.2. The van der Waals surface area contributed by atoms with Gasteiger partial charge in [0.1, 0.15) is 5.82 Å². The number of aromatic nitrogens is 2. The van der Waals surface area contributed by atoms with Crippen molar-refractivity contribution in [3.8, 4) is 16.9 Å². The first kappa shape index (κ1) is 31.9. The number of anilines is 2. The largest absolute Gasteiger partial charge is 0.501 e. The Labute approximate surface area is 259 Å². The molecule has 1 N–H and O–H groups in total. The van der Waals surface area contributed by atoms with Gasteiger partial charge in [0, 0.05) is 17.4 Å². The van der Waals surface area contributed by atoms with Crippen LogP contribution >= 0.6 is 11.8 Å². The maximum absolute atomic E-state index is 15.1. The SMILES string of the molecule is Cc1ccc(C(C)C)c(N2C(=O)CS/C2=N\C(=O)Nc2ccc(-c3cn(-c4ccc(S(=O)(=O)C(F)(F)F)cc4)cn3)cc2F)c1. The minimum atomic E-state index is -5.49. The summed E-state index contributed by atoms with van der Waals surface area (Å²) < 4.78 is 78.2. The maximum Gasteiger partial charge on any atom is 0.501 e. The third-order valence-corrected chi connectivity index (χ3v) is 9.28. The molecule has 2 heterocycles. The Morgan fingerprint density at radius 2 is 1.78 bits per heavy atom. The van der Waals surface area contributed by atoms with Crippen molar-refractivity contribution in [1.82, 2.24) is 9.55 Å². The lowest BCUT2D eigenvalue weighted by Gasteiger charge is -2.22. The zero-order chi connectivity index (χ0) is 32.7. The highest BCUT2D eigenvalue weighted by Gasteiger charge is 2.46. The summed E-state index contributed by atoms with van der Waals surface area (Å²) in [5.74, 6) is -0.804. The van der Waals surface area contributed by atoms with E-state index in [2.05, 4.69) is 15.3 Å². The van der Waals surface area contributed by atoms with Gasteiger partial charge in [-0.25, -0.2) is 22.6 Å². The monoisotopic (exact) mass is 659 g/mol. The van der Waals surface area contributed by atoms with E-state index in [0.717, 1.165) is 41.1 Å². The zero-order valence-electron chi connectivity index (χ0n) is 24.0. The van der Waals surface area contributed by atoms with Crippen LogP contribution in [-0.4, -0.2) is 46.3 Å². The van der Waals surface area contributed by atoms with E-state index >= 15 is 4.39 Å². The van der Waals surface area contributed by atoms with Crippen LogP contribution in [0.25, 0.3) is 16.9 Å². The minimum absolute atomic E-state index is 0.101. The number of aliphatic imine (C=N–C) groups is 1. The molecule has 0 atom stereocenters. The van der Waals surface area contributed by atoms with Crippen LogP contribution < -0.4 is 10.2 Å². The smallest absolute Gasteiger partial charge is 0.306 e. The topological polar surface area (TPSA) is 114 Å². The summed E-state index contributed by atoms with van der Waals surface area (Å²) in [6.45, 7) is 5.89. The molecular weight excluding hydrogens is 634 g/mol. The van der Waals surface area contributed by atoms with E-state index in [1.165, 1.54) is 46.3 Å². The van der Waals surface area contributed by atoms with Gasteiger partial charge in [0.15, 0.2) is 5.17 Å². The maximum atomic E-state index is 15.1. The Morgan fingerprint density at radius 1 is 1.07 bits per heavy atom. The van der Waals surface area contributed by atoms with Crippen LogP contribution in [0.5, 0.6) is 0 Å². The summed E-state index contributed by atoms with van der Waals surface area (Å²) in [5, 5.41) is 2.58. The number of hydrogen-bond acceptors (Lipinski definition) is 6. The second kappa shape index (κ2) is 12.1. The summed E-state index contributed by atoms with van der Waals surface area (Å²) in [7, 11) is -5.49. The Hall–Kier alpha value is -4.50. The molecule has 4 aromatic rings. The Balaban J connectivity index is 1.32. The fourth-order valence-corrected chi connectivity index (χ4v) is 6.19. The van der Waals surface area contributed by atoms with Gasteiger partial charge in [-0.05, 0) is 66.4 Å². The first-order valence-corrected chi connectivity index (χ1v) is 15.8. The fourth-order valence-electron chi connectivity index (χ4n) is 4.57. The first-order chi connectivity index (χ1) is 21.2. The highest BCUT2D eigenvalue weighted by molar-refractivity contribution is 8.15.